The van der Waals surface area contributed by atoms with Crippen molar-refractivity contribution < 1.29 is 129 Å². The van der Waals surface area contributed by atoms with Crippen LogP contribution in [0.5, 0.6) is 0 Å². The first-order chi connectivity index (χ1) is 17.3. The zero-order chi connectivity index (χ0) is 33.9. The monoisotopic (exact) mass is 682 g/mol. The molecule has 0 fully saturated rings. The zero-order valence-electron chi connectivity index (χ0n) is 17.2. The second-order valence-electron chi connectivity index (χ2n) is 6.57. The fraction of sp³-hybridized carbons (Fsp3) is 1.00. The van der Waals surface area contributed by atoms with Crippen molar-refractivity contribution in [1.82, 2.24) is 0 Å². The molecule has 0 saturated carbocycles. The van der Waals surface area contributed by atoms with E-state index in [0.717, 1.165) is 9.47 Å². The van der Waals surface area contributed by atoms with E-state index < -0.39 is 73.2 Å². The number of halogens is 24. The highest BCUT2D eigenvalue weighted by Gasteiger charge is 2.86. The van der Waals surface area contributed by atoms with Crippen LogP contribution in [0.4, 0.5) is 105 Å². The number of aliphatic hydroxyl groups is 1. The lowest BCUT2D eigenvalue weighted by Gasteiger charge is -2.37. The molecule has 1 atom stereocenters. The molecule has 29 heteroatoms. The van der Waals surface area contributed by atoms with Crippen LogP contribution < -0.4 is 0 Å². The molecule has 0 aromatic heterocycles. The number of rotatable bonds is 14. The van der Waals surface area contributed by atoms with Gasteiger partial charge in [0.15, 0.2) is 0 Å². The van der Waals surface area contributed by atoms with E-state index in [9.17, 15) is 105 Å². The Labute approximate surface area is 204 Å². The van der Waals surface area contributed by atoms with Gasteiger partial charge in [0.1, 0.15) is 0 Å². The summed E-state index contributed by atoms with van der Waals surface area (Å²) in [6.07, 6.45) is -75.4. The fourth-order valence-electron chi connectivity index (χ4n) is 1.48. The minimum atomic E-state index is -8.36. The molecule has 5 nitrogen and oxygen atoms in total. The number of aliphatic hydroxyl groups excluding tert-OH is 1. The molecule has 0 heterocycles. The van der Waals surface area contributed by atoms with Gasteiger partial charge in [-0.25, -0.2) is 23.3 Å². The maximum atomic E-state index is 13.2. The minimum Gasteiger partial charge on any atom is -0.357 e. The normalized spacial score (nSPS) is 17.2. The van der Waals surface area contributed by atoms with E-state index in [1.165, 1.54) is 9.47 Å². The second-order valence-corrected chi connectivity index (χ2v) is 6.57. The van der Waals surface area contributed by atoms with Crippen molar-refractivity contribution in [2.45, 2.75) is 73.2 Å². The molecule has 0 aromatic rings. The van der Waals surface area contributed by atoms with Crippen LogP contribution in [-0.4, -0.2) is 78.4 Å². The first kappa shape index (κ1) is 39.1. The average Bonchev–Trinajstić information content (AvgIpc) is 2.62. The Balaban J connectivity index is 6.25. The Morgan fingerprint density at radius 2 is 0.561 bits per heavy atom. The molecule has 0 aliphatic carbocycles. The summed E-state index contributed by atoms with van der Waals surface area (Å²) in [5.41, 5.74) is 0. The lowest BCUT2D eigenvalue weighted by molar-refractivity contribution is -0.584. The Hall–Kier alpha value is -1.88. The molecule has 0 radical (unpaired) electrons. The molecule has 0 aromatic carbocycles. The summed E-state index contributed by atoms with van der Waals surface area (Å²) in [6, 6.07) is 0. The number of alkyl halides is 24. The van der Waals surface area contributed by atoms with E-state index in [0.29, 0.717) is 0 Å². The number of ether oxygens (including phenoxy) is 4. The molecule has 0 aliphatic rings. The van der Waals surface area contributed by atoms with Crippen LogP contribution >= 0.6 is 0 Å². The molecule has 0 bridgehead atoms. The van der Waals surface area contributed by atoms with E-state index in [1.54, 1.807) is 0 Å². The number of hydrogen-bond donors (Lipinski definition) is 1. The Bertz CT molecular complexity index is 907. The van der Waals surface area contributed by atoms with Crippen LogP contribution in [-0.2, 0) is 18.9 Å². The molecular formula is C12H2F24O5. The molecule has 0 spiro atoms. The van der Waals surface area contributed by atoms with Gasteiger partial charge in [-0.15, -0.1) is 0 Å². The van der Waals surface area contributed by atoms with Crippen molar-refractivity contribution in [3.05, 3.63) is 0 Å². The van der Waals surface area contributed by atoms with Gasteiger partial charge in [-0.05, 0) is 0 Å². The van der Waals surface area contributed by atoms with Gasteiger partial charge in [0, 0.05) is 0 Å². The maximum absolute atomic E-state index is 13.2. The first-order valence-electron chi connectivity index (χ1n) is 8.24. The topological polar surface area (TPSA) is 57.2 Å². The van der Waals surface area contributed by atoms with E-state index in [-0.39, 0.29) is 0 Å². The third-order valence-electron chi connectivity index (χ3n) is 3.44. The summed E-state index contributed by atoms with van der Waals surface area (Å²) in [4.78, 5) is 0. The summed E-state index contributed by atoms with van der Waals surface area (Å²) in [5, 5.41) is 7.68. The molecule has 0 saturated heterocycles. The first-order valence-corrected chi connectivity index (χ1v) is 8.24. The van der Waals surface area contributed by atoms with Crippen LogP contribution in [0.25, 0.3) is 0 Å². The predicted molar refractivity (Wildman–Crippen MR) is 67.0 cm³/mol. The van der Waals surface area contributed by atoms with Crippen molar-refractivity contribution in [1.29, 1.82) is 0 Å². The van der Waals surface area contributed by atoms with E-state index >= 15 is 0 Å². The van der Waals surface area contributed by atoms with Gasteiger partial charge >= 0.3 is 66.9 Å². The number of hydrogen-bond acceptors (Lipinski definition) is 5. The molecule has 0 rings (SSSR count). The third-order valence-corrected chi connectivity index (χ3v) is 3.44. The van der Waals surface area contributed by atoms with Gasteiger partial charge in [0.2, 0.25) is 0 Å². The van der Waals surface area contributed by atoms with Crippen LogP contribution in [0.2, 0.25) is 0 Å². The molecule has 0 amide bonds. The molecule has 0 aliphatic heterocycles. The molecule has 248 valence electrons. The maximum Gasteiger partial charge on any atom is 0.460 e. The summed E-state index contributed by atoms with van der Waals surface area (Å²) >= 11 is 0. The predicted octanol–water partition coefficient (Wildman–Crippen LogP) is 6.92. The highest BCUT2D eigenvalue weighted by atomic mass is 19.4. The summed E-state index contributed by atoms with van der Waals surface area (Å²) in [5.74, 6) is -16.5. The molecule has 1 N–H and O–H groups in total. The van der Waals surface area contributed by atoms with E-state index in [2.05, 4.69) is 0 Å². The van der Waals surface area contributed by atoms with Gasteiger partial charge in [-0.2, -0.15) is 101 Å². The van der Waals surface area contributed by atoms with Crippen molar-refractivity contribution in [3.63, 3.8) is 0 Å². The Kier molecular flexibility index (Phi) is 9.91. The van der Waals surface area contributed by atoms with Crippen molar-refractivity contribution in [2.75, 3.05) is 0 Å². The lowest BCUT2D eigenvalue weighted by atomic mass is 10.1. The highest BCUT2D eigenvalue weighted by Crippen LogP contribution is 2.57. The summed E-state index contributed by atoms with van der Waals surface area (Å²) in [7, 11) is 0. The fourth-order valence-corrected chi connectivity index (χ4v) is 1.48. The lowest BCUT2D eigenvalue weighted by Crippen LogP contribution is -2.65. The van der Waals surface area contributed by atoms with Crippen molar-refractivity contribution >= 4 is 0 Å². The van der Waals surface area contributed by atoms with Crippen molar-refractivity contribution in [3.8, 4) is 0 Å². The van der Waals surface area contributed by atoms with Crippen LogP contribution in [0.15, 0.2) is 0 Å². The summed E-state index contributed by atoms with van der Waals surface area (Å²) in [6.45, 7) is 0. The van der Waals surface area contributed by atoms with Gasteiger partial charge in [-0.1, -0.05) is 0 Å². The summed E-state index contributed by atoms with van der Waals surface area (Å²) < 4.78 is 311. The average molecular weight is 682 g/mol. The second kappa shape index (κ2) is 10.4. The third kappa shape index (κ3) is 7.37. The standard InChI is InChI=1S/C12H2F24O5/c13-1(37)2(14,15)38-7(25,26)8(27,28)40-11(33,34)12(35,36)41-10(31,32)9(29,30)39-6(23,24)4(18,19)3(16,17)5(20,21)22/h1,37H. The van der Waals surface area contributed by atoms with Crippen LogP contribution in [0, 0.1) is 0 Å². The van der Waals surface area contributed by atoms with Crippen molar-refractivity contribution in [2.24, 2.45) is 0 Å². The van der Waals surface area contributed by atoms with Gasteiger partial charge in [0.25, 0.3) is 6.36 Å². The van der Waals surface area contributed by atoms with Crippen LogP contribution in [0.1, 0.15) is 0 Å². The van der Waals surface area contributed by atoms with Crippen LogP contribution in [0.3, 0.4) is 0 Å². The largest absolute Gasteiger partial charge is 0.460 e. The van der Waals surface area contributed by atoms with Gasteiger partial charge in [0.05, 0.1) is 0 Å². The molecular weight excluding hydrogens is 680 g/mol. The Morgan fingerprint density at radius 1 is 0.341 bits per heavy atom. The quantitative estimate of drug-likeness (QED) is 0.202. The van der Waals surface area contributed by atoms with E-state index in [1.807, 2.05) is 0 Å². The molecule has 1 unspecified atom stereocenters. The van der Waals surface area contributed by atoms with Gasteiger partial charge in [-0.3, -0.25) is 0 Å². The highest BCUT2D eigenvalue weighted by molar-refractivity contribution is 4.97. The SMILES string of the molecule is OC(F)C(F)(F)OC(F)(F)C(F)(F)OC(F)(F)C(F)(F)OC(F)(F)C(F)(F)OC(F)(F)C(F)(F)C(F)(F)C(F)(F)F. The minimum absolute atomic E-state index is 1.01. The molecule has 41 heavy (non-hydrogen) atoms. The Morgan fingerprint density at radius 3 is 0.780 bits per heavy atom. The van der Waals surface area contributed by atoms with E-state index in [4.69, 9.17) is 5.11 Å². The van der Waals surface area contributed by atoms with Gasteiger partial charge < -0.3 is 5.11 Å². The zero-order valence-corrected chi connectivity index (χ0v) is 17.2. The smallest absolute Gasteiger partial charge is 0.357 e.